The second kappa shape index (κ2) is 8.95. The molecule has 0 atom stereocenters. The van der Waals surface area contributed by atoms with Crippen molar-refractivity contribution in [3.63, 3.8) is 0 Å². The summed E-state index contributed by atoms with van der Waals surface area (Å²) in [4.78, 5) is 25.2. The second-order valence-corrected chi connectivity index (χ2v) is 7.65. The number of benzene rings is 2. The maximum atomic E-state index is 12.2. The van der Waals surface area contributed by atoms with Gasteiger partial charge in [0.15, 0.2) is 0 Å². The zero-order valence-corrected chi connectivity index (χ0v) is 16.8. The lowest BCUT2D eigenvalue weighted by atomic mass is 10.2. The number of hydrogen-bond acceptors (Lipinski definition) is 8. The van der Waals surface area contributed by atoms with Crippen LogP contribution in [0.25, 0.3) is 11.5 Å². The second-order valence-electron chi connectivity index (χ2n) is 6.73. The Balaban J connectivity index is 1.33. The van der Waals surface area contributed by atoms with Crippen LogP contribution in [0.3, 0.4) is 0 Å². The average molecular weight is 425 g/mol. The summed E-state index contributed by atoms with van der Waals surface area (Å²) in [7, 11) is 0. The number of nitrogens with one attached hydrogen (secondary N) is 1. The molecule has 9 nitrogen and oxygen atoms in total. The monoisotopic (exact) mass is 425 g/mol. The van der Waals surface area contributed by atoms with Crippen molar-refractivity contribution in [3.05, 3.63) is 58.6 Å². The van der Waals surface area contributed by atoms with E-state index in [1.54, 1.807) is 18.2 Å². The number of hydrogen-bond donors (Lipinski definition) is 1. The number of nitro benzene ring substituents is 1. The van der Waals surface area contributed by atoms with E-state index in [2.05, 4.69) is 20.4 Å². The fourth-order valence-electron chi connectivity index (χ4n) is 3.25. The number of anilines is 2. The highest BCUT2D eigenvalue weighted by Gasteiger charge is 2.20. The third-order valence-corrected chi connectivity index (χ3v) is 5.51. The topological polar surface area (TPSA) is 114 Å². The lowest BCUT2D eigenvalue weighted by Gasteiger charge is -2.17. The predicted octanol–water partition coefficient (Wildman–Crippen LogP) is 3.98. The molecular weight excluding hydrogens is 406 g/mol. The molecule has 1 N–H and O–H groups in total. The molecule has 1 saturated heterocycles. The van der Waals surface area contributed by atoms with Crippen LogP contribution < -0.4 is 10.2 Å². The van der Waals surface area contributed by atoms with Gasteiger partial charge in [-0.05, 0) is 43.2 Å². The van der Waals surface area contributed by atoms with Gasteiger partial charge in [0.25, 0.3) is 16.8 Å². The van der Waals surface area contributed by atoms with Gasteiger partial charge in [0, 0.05) is 30.5 Å². The van der Waals surface area contributed by atoms with Crippen LogP contribution >= 0.6 is 11.8 Å². The number of rotatable bonds is 7. The molecular formula is C20H19N5O4S. The highest BCUT2D eigenvalue weighted by Crippen LogP contribution is 2.30. The van der Waals surface area contributed by atoms with E-state index >= 15 is 0 Å². The van der Waals surface area contributed by atoms with Crippen LogP contribution in [0.15, 0.2) is 58.2 Å². The van der Waals surface area contributed by atoms with Gasteiger partial charge in [-0.2, -0.15) is 0 Å². The molecule has 154 valence electrons. The van der Waals surface area contributed by atoms with E-state index in [9.17, 15) is 14.9 Å². The van der Waals surface area contributed by atoms with Gasteiger partial charge >= 0.3 is 0 Å². The van der Waals surface area contributed by atoms with Crippen LogP contribution in [0.5, 0.6) is 0 Å². The fourth-order valence-corrected chi connectivity index (χ4v) is 3.81. The van der Waals surface area contributed by atoms with E-state index in [0.29, 0.717) is 0 Å². The lowest BCUT2D eigenvalue weighted by molar-refractivity contribution is -0.384. The Morgan fingerprint density at radius 2 is 1.87 bits per heavy atom. The number of carbonyl (C=O) groups excluding carboxylic acids is 1. The smallest absolute Gasteiger partial charge is 0.282 e. The van der Waals surface area contributed by atoms with Gasteiger partial charge in [-0.15, -0.1) is 10.2 Å². The first-order chi connectivity index (χ1) is 14.6. The summed E-state index contributed by atoms with van der Waals surface area (Å²) in [5.74, 6) is -0.0890. The van der Waals surface area contributed by atoms with E-state index in [1.807, 2.05) is 24.3 Å². The van der Waals surface area contributed by atoms with Crippen molar-refractivity contribution in [1.29, 1.82) is 0 Å². The minimum Gasteiger partial charge on any atom is -0.411 e. The Morgan fingerprint density at radius 3 is 2.60 bits per heavy atom. The first kappa shape index (κ1) is 19.9. The summed E-state index contributed by atoms with van der Waals surface area (Å²) in [6.07, 6.45) is 2.43. The number of para-hydroxylation sites is 1. The molecule has 2 aromatic carbocycles. The van der Waals surface area contributed by atoms with Crippen molar-refractivity contribution in [3.8, 4) is 11.5 Å². The molecule has 1 aromatic heterocycles. The highest BCUT2D eigenvalue weighted by atomic mass is 32.2. The lowest BCUT2D eigenvalue weighted by Crippen LogP contribution is -2.18. The standard InChI is InChI=1S/C20H19N5O4S/c26-18(21-14-7-9-15(10-8-14)24-11-3-4-12-24)13-30-20-23-22-19(29-20)16-5-1-2-6-17(16)25(27)28/h1-2,5-10H,3-4,11-13H2,(H,21,26). The van der Waals surface area contributed by atoms with Crippen molar-refractivity contribution in [1.82, 2.24) is 10.2 Å². The average Bonchev–Trinajstić information content (AvgIpc) is 3.45. The maximum Gasteiger partial charge on any atom is 0.282 e. The number of nitrogens with zero attached hydrogens (tertiary/aromatic N) is 4. The third-order valence-electron chi connectivity index (χ3n) is 4.69. The summed E-state index contributed by atoms with van der Waals surface area (Å²) in [6.45, 7) is 2.14. The zero-order valence-electron chi connectivity index (χ0n) is 16.0. The van der Waals surface area contributed by atoms with Gasteiger partial charge in [0.2, 0.25) is 5.91 Å². The third kappa shape index (κ3) is 4.60. The van der Waals surface area contributed by atoms with E-state index in [0.717, 1.165) is 36.2 Å². The van der Waals surface area contributed by atoms with Gasteiger partial charge in [-0.1, -0.05) is 23.9 Å². The highest BCUT2D eigenvalue weighted by molar-refractivity contribution is 7.99. The SMILES string of the molecule is O=C(CSc1nnc(-c2ccccc2[N+](=O)[O-])o1)Nc1ccc(N2CCCC2)cc1. The van der Waals surface area contributed by atoms with E-state index in [4.69, 9.17) is 4.42 Å². The molecule has 3 aromatic rings. The molecule has 2 heterocycles. The van der Waals surface area contributed by atoms with Crippen LogP contribution in [0, 0.1) is 10.1 Å². The minimum atomic E-state index is -0.505. The molecule has 0 unspecified atom stereocenters. The number of carbonyl (C=O) groups is 1. The van der Waals surface area contributed by atoms with E-state index in [1.165, 1.54) is 18.9 Å². The van der Waals surface area contributed by atoms with Gasteiger partial charge in [-0.25, -0.2) is 0 Å². The van der Waals surface area contributed by atoms with Gasteiger partial charge < -0.3 is 14.6 Å². The molecule has 10 heteroatoms. The zero-order chi connectivity index (χ0) is 20.9. The number of aromatic nitrogens is 2. The molecule has 0 radical (unpaired) electrons. The maximum absolute atomic E-state index is 12.2. The number of amides is 1. The Bertz CT molecular complexity index is 1050. The molecule has 1 fully saturated rings. The molecule has 4 rings (SSSR count). The molecule has 1 aliphatic heterocycles. The Kier molecular flexibility index (Phi) is 5.94. The van der Waals surface area contributed by atoms with Crippen LogP contribution in [-0.2, 0) is 4.79 Å². The fraction of sp³-hybridized carbons (Fsp3) is 0.250. The van der Waals surface area contributed by atoms with E-state index in [-0.39, 0.29) is 34.0 Å². The largest absolute Gasteiger partial charge is 0.411 e. The Morgan fingerprint density at radius 1 is 1.13 bits per heavy atom. The van der Waals surface area contributed by atoms with Crippen LogP contribution in [-0.4, -0.2) is 39.9 Å². The van der Waals surface area contributed by atoms with Gasteiger partial charge in [-0.3, -0.25) is 14.9 Å². The van der Waals surface area contributed by atoms with Crippen molar-refractivity contribution in [2.75, 3.05) is 29.1 Å². The van der Waals surface area contributed by atoms with Crippen molar-refractivity contribution in [2.24, 2.45) is 0 Å². The molecule has 0 spiro atoms. The number of thioether (sulfide) groups is 1. The first-order valence-electron chi connectivity index (χ1n) is 9.45. The Hall–Kier alpha value is -3.40. The molecule has 0 aliphatic carbocycles. The Labute approximate surface area is 176 Å². The van der Waals surface area contributed by atoms with Crippen molar-refractivity contribution in [2.45, 2.75) is 18.1 Å². The predicted molar refractivity (Wildman–Crippen MR) is 114 cm³/mol. The first-order valence-corrected chi connectivity index (χ1v) is 10.4. The summed E-state index contributed by atoms with van der Waals surface area (Å²) < 4.78 is 5.48. The van der Waals surface area contributed by atoms with Crippen LogP contribution in [0.4, 0.5) is 17.1 Å². The van der Waals surface area contributed by atoms with Gasteiger partial charge in [0.1, 0.15) is 5.56 Å². The molecule has 1 aliphatic rings. The minimum absolute atomic E-state index is 0.0442. The van der Waals surface area contributed by atoms with Crippen molar-refractivity contribution < 1.29 is 14.1 Å². The molecule has 30 heavy (non-hydrogen) atoms. The summed E-state index contributed by atoms with van der Waals surface area (Å²) in [5.41, 5.74) is 2.00. The number of nitro groups is 1. The van der Waals surface area contributed by atoms with Gasteiger partial charge in [0.05, 0.1) is 10.7 Å². The molecule has 0 saturated carbocycles. The normalized spacial score (nSPS) is 13.4. The summed E-state index contributed by atoms with van der Waals surface area (Å²) >= 11 is 1.07. The quantitative estimate of drug-likeness (QED) is 0.343. The molecule has 1 amide bonds. The van der Waals surface area contributed by atoms with Crippen LogP contribution in [0.1, 0.15) is 12.8 Å². The summed E-state index contributed by atoms with van der Waals surface area (Å²) in [6, 6.07) is 13.9. The summed E-state index contributed by atoms with van der Waals surface area (Å²) in [5, 5.41) is 21.9. The van der Waals surface area contributed by atoms with Crippen molar-refractivity contribution >= 4 is 34.7 Å². The molecule has 0 bridgehead atoms. The van der Waals surface area contributed by atoms with Crippen LogP contribution in [0.2, 0.25) is 0 Å². The van der Waals surface area contributed by atoms with E-state index < -0.39 is 4.92 Å².